The second-order valence-corrected chi connectivity index (χ2v) is 6.36. The van der Waals surface area contributed by atoms with Crippen LogP contribution in [0.1, 0.15) is 5.69 Å². The molecule has 0 bridgehead atoms. The largest absolute Gasteiger partial charge is 0.358 e. The molecule has 3 rings (SSSR count). The van der Waals surface area contributed by atoms with Gasteiger partial charge in [-0.15, -0.1) is 29.3 Å². The molecule has 0 unspecified atom stereocenters. The first-order valence-electron chi connectivity index (χ1n) is 6.61. The maximum absolute atomic E-state index is 4.68. The zero-order valence-corrected chi connectivity index (χ0v) is 13.3. The molecular formula is C16H15N3S2. The van der Waals surface area contributed by atoms with Crippen LogP contribution in [0.5, 0.6) is 0 Å². The number of aryl methyl sites for hydroxylation is 1. The number of nitrogens with one attached hydrogen (secondary N) is 1. The third-order valence-corrected chi connectivity index (χ3v) is 4.98. The fourth-order valence-corrected chi connectivity index (χ4v) is 3.78. The minimum atomic E-state index is 0.726. The Balaban J connectivity index is 1.91. The van der Waals surface area contributed by atoms with Crippen molar-refractivity contribution < 1.29 is 0 Å². The van der Waals surface area contributed by atoms with Crippen molar-refractivity contribution in [1.29, 1.82) is 0 Å². The van der Waals surface area contributed by atoms with Crippen LogP contribution < -0.4 is 5.32 Å². The van der Waals surface area contributed by atoms with Gasteiger partial charge in [0, 0.05) is 17.5 Å². The van der Waals surface area contributed by atoms with Crippen molar-refractivity contribution in [1.82, 2.24) is 9.97 Å². The third-order valence-electron chi connectivity index (χ3n) is 2.95. The van der Waals surface area contributed by atoms with Crippen LogP contribution in [-0.2, 0) is 0 Å². The van der Waals surface area contributed by atoms with E-state index in [2.05, 4.69) is 39.4 Å². The van der Waals surface area contributed by atoms with E-state index in [0.29, 0.717) is 0 Å². The topological polar surface area (TPSA) is 37.8 Å². The number of rotatable bonds is 5. The predicted molar refractivity (Wildman–Crippen MR) is 92.1 cm³/mol. The lowest BCUT2D eigenvalue weighted by Crippen LogP contribution is -1.96. The molecule has 0 amide bonds. The van der Waals surface area contributed by atoms with Gasteiger partial charge in [0.15, 0.2) is 5.13 Å². The molecule has 5 heteroatoms. The molecule has 3 aromatic rings. The Labute approximate surface area is 132 Å². The van der Waals surface area contributed by atoms with Gasteiger partial charge in [0.25, 0.3) is 0 Å². The number of aromatic nitrogens is 2. The van der Waals surface area contributed by atoms with Gasteiger partial charge in [-0.25, -0.2) is 9.97 Å². The first-order chi connectivity index (χ1) is 10.3. The van der Waals surface area contributed by atoms with Crippen molar-refractivity contribution >= 4 is 27.8 Å². The average Bonchev–Trinajstić information content (AvgIpc) is 3.12. The second kappa shape index (κ2) is 6.20. The summed E-state index contributed by atoms with van der Waals surface area (Å²) < 4.78 is 0. The van der Waals surface area contributed by atoms with Crippen LogP contribution in [-0.4, -0.2) is 16.5 Å². The summed E-state index contributed by atoms with van der Waals surface area (Å²) in [5.41, 5.74) is 3.17. The number of nitrogens with zero attached hydrogens (tertiary/aromatic N) is 2. The first kappa shape index (κ1) is 14.0. The molecule has 0 saturated heterocycles. The van der Waals surface area contributed by atoms with Crippen LogP contribution in [0.15, 0.2) is 48.4 Å². The second-order valence-electron chi connectivity index (χ2n) is 4.51. The molecule has 0 aliphatic carbocycles. The van der Waals surface area contributed by atoms with Gasteiger partial charge in [-0.3, -0.25) is 0 Å². The molecule has 21 heavy (non-hydrogen) atoms. The van der Waals surface area contributed by atoms with Crippen LogP contribution in [0.2, 0.25) is 0 Å². The minimum absolute atomic E-state index is 0.726. The Morgan fingerprint density at radius 1 is 1.24 bits per heavy atom. The number of anilines is 1. The number of hydrogen-bond acceptors (Lipinski definition) is 5. The summed E-state index contributed by atoms with van der Waals surface area (Å²) in [6, 6.07) is 10.3. The molecule has 3 nitrogen and oxygen atoms in total. The fourth-order valence-electron chi connectivity index (χ4n) is 1.96. The molecule has 0 atom stereocenters. The minimum Gasteiger partial charge on any atom is -0.358 e. The van der Waals surface area contributed by atoms with Gasteiger partial charge in [0.2, 0.25) is 0 Å². The van der Waals surface area contributed by atoms with Crippen molar-refractivity contribution in [3.8, 4) is 21.1 Å². The summed E-state index contributed by atoms with van der Waals surface area (Å²) in [4.78, 5) is 10.4. The van der Waals surface area contributed by atoms with Gasteiger partial charge < -0.3 is 5.32 Å². The highest BCUT2D eigenvalue weighted by Crippen LogP contribution is 2.36. The summed E-state index contributed by atoms with van der Waals surface area (Å²) >= 11 is 3.29. The summed E-state index contributed by atoms with van der Waals surface area (Å²) in [6.07, 6.45) is 1.83. The molecule has 2 aromatic heterocycles. The lowest BCUT2D eigenvalue weighted by molar-refractivity contribution is 1.25. The zero-order valence-electron chi connectivity index (χ0n) is 11.7. The van der Waals surface area contributed by atoms with Gasteiger partial charge in [0.1, 0.15) is 5.01 Å². The summed E-state index contributed by atoms with van der Waals surface area (Å²) in [7, 11) is 0. The molecule has 0 fully saturated rings. The van der Waals surface area contributed by atoms with E-state index in [1.165, 1.54) is 0 Å². The monoisotopic (exact) mass is 313 g/mol. The quantitative estimate of drug-likeness (QED) is 0.685. The van der Waals surface area contributed by atoms with E-state index in [-0.39, 0.29) is 0 Å². The van der Waals surface area contributed by atoms with Crippen LogP contribution in [0.4, 0.5) is 5.13 Å². The van der Waals surface area contributed by atoms with E-state index in [9.17, 15) is 0 Å². The molecule has 0 aliphatic heterocycles. The van der Waals surface area contributed by atoms with Crippen molar-refractivity contribution in [2.75, 3.05) is 11.9 Å². The smallest absolute Gasteiger partial charge is 0.183 e. The van der Waals surface area contributed by atoms with E-state index >= 15 is 0 Å². The SMILES string of the molecule is C=CCNc1nc(-c2sc(-c3ccccc3)nc2C)cs1. The third kappa shape index (κ3) is 3.04. The molecule has 0 radical (unpaired) electrons. The van der Waals surface area contributed by atoms with E-state index in [0.717, 1.165) is 38.5 Å². The molecule has 0 saturated carbocycles. The van der Waals surface area contributed by atoms with Crippen molar-refractivity contribution in [3.63, 3.8) is 0 Å². The van der Waals surface area contributed by atoms with Gasteiger partial charge >= 0.3 is 0 Å². The van der Waals surface area contributed by atoms with Crippen LogP contribution >= 0.6 is 22.7 Å². The number of benzene rings is 1. The van der Waals surface area contributed by atoms with Crippen molar-refractivity contribution in [3.05, 3.63) is 54.1 Å². The molecule has 1 N–H and O–H groups in total. The van der Waals surface area contributed by atoms with Crippen LogP contribution in [0.25, 0.3) is 21.1 Å². The fraction of sp³-hybridized carbons (Fsp3) is 0.125. The highest BCUT2D eigenvalue weighted by molar-refractivity contribution is 7.19. The van der Waals surface area contributed by atoms with E-state index < -0.39 is 0 Å². The van der Waals surface area contributed by atoms with Crippen LogP contribution in [0, 0.1) is 6.92 Å². The van der Waals surface area contributed by atoms with Gasteiger partial charge in [-0.1, -0.05) is 36.4 Å². The Hall–Kier alpha value is -1.98. The normalized spacial score (nSPS) is 10.5. The Morgan fingerprint density at radius 2 is 2.05 bits per heavy atom. The maximum atomic E-state index is 4.68. The van der Waals surface area contributed by atoms with E-state index in [1.807, 2.05) is 31.2 Å². The standard InChI is InChI=1S/C16H15N3S2/c1-3-9-17-16-19-13(10-20-16)14-11(2)18-15(21-14)12-7-5-4-6-8-12/h3-8,10H,1,9H2,2H3,(H,17,19). The molecule has 106 valence electrons. The Bertz CT molecular complexity index is 744. The Kier molecular flexibility index (Phi) is 4.13. The van der Waals surface area contributed by atoms with Crippen LogP contribution in [0.3, 0.4) is 0 Å². The lowest BCUT2D eigenvalue weighted by atomic mass is 10.2. The zero-order chi connectivity index (χ0) is 14.7. The van der Waals surface area contributed by atoms with Gasteiger partial charge in [-0.2, -0.15) is 0 Å². The number of hydrogen-bond donors (Lipinski definition) is 1. The van der Waals surface area contributed by atoms with E-state index in [1.54, 1.807) is 22.7 Å². The molecular weight excluding hydrogens is 298 g/mol. The highest BCUT2D eigenvalue weighted by atomic mass is 32.1. The summed E-state index contributed by atoms with van der Waals surface area (Å²) in [6.45, 7) is 6.46. The highest BCUT2D eigenvalue weighted by Gasteiger charge is 2.13. The van der Waals surface area contributed by atoms with Crippen molar-refractivity contribution in [2.45, 2.75) is 6.92 Å². The summed E-state index contributed by atoms with van der Waals surface area (Å²) in [5, 5.41) is 7.24. The average molecular weight is 313 g/mol. The first-order valence-corrected chi connectivity index (χ1v) is 8.31. The molecule has 2 heterocycles. The maximum Gasteiger partial charge on any atom is 0.183 e. The number of thiazole rings is 2. The van der Waals surface area contributed by atoms with Gasteiger partial charge in [0.05, 0.1) is 16.3 Å². The van der Waals surface area contributed by atoms with Gasteiger partial charge in [-0.05, 0) is 6.92 Å². The molecule has 1 aromatic carbocycles. The van der Waals surface area contributed by atoms with Crippen molar-refractivity contribution in [2.24, 2.45) is 0 Å². The summed E-state index contributed by atoms with van der Waals surface area (Å²) in [5.74, 6) is 0. The lowest BCUT2D eigenvalue weighted by Gasteiger charge is -1.95. The predicted octanol–water partition coefficient (Wildman–Crippen LogP) is 4.84. The molecule has 0 spiro atoms. The Morgan fingerprint density at radius 3 is 2.81 bits per heavy atom. The van der Waals surface area contributed by atoms with E-state index in [4.69, 9.17) is 0 Å². The molecule has 0 aliphatic rings.